The van der Waals surface area contributed by atoms with Gasteiger partial charge < -0.3 is 4.74 Å². The molecule has 0 aliphatic heterocycles. The fraction of sp³-hybridized carbons (Fsp3) is 0.261. The molecule has 8 heteroatoms. The number of thioether (sulfide) groups is 1. The maximum atomic E-state index is 13.1. The van der Waals surface area contributed by atoms with Crippen LogP contribution in [0.4, 0.5) is 0 Å². The number of ether oxygens (including phenoxy) is 1. The van der Waals surface area contributed by atoms with E-state index in [-0.39, 0.29) is 5.56 Å². The van der Waals surface area contributed by atoms with Crippen LogP contribution in [-0.4, -0.2) is 28.3 Å². The number of rotatable bonds is 9. The summed E-state index contributed by atoms with van der Waals surface area (Å²) in [5, 5.41) is 4.98. The van der Waals surface area contributed by atoms with E-state index in [2.05, 4.69) is 17.5 Å². The zero-order chi connectivity index (χ0) is 21.6. The summed E-state index contributed by atoms with van der Waals surface area (Å²) in [4.78, 5) is 22.6. The van der Waals surface area contributed by atoms with E-state index < -0.39 is 0 Å². The Morgan fingerprint density at radius 1 is 1.16 bits per heavy atom. The maximum absolute atomic E-state index is 13.1. The normalized spacial score (nSPS) is 11.3. The summed E-state index contributed by atoms with van der Waals surface area (Å²) >= 11 is 9.31. The zero-order valence-corrected chi connectivity index (χ0v) is 19.5. The second kappa shape index (κ2) is 10.4. The van der Waals surface area contributed by atoms with E-state index in [0.29, 0.717) is 40.0 Å². The molecule has 0 aliphatic carbocycles. The molecule has 0 N–H and O–H groups in total. The predicted molar refractivity (Wildman–Crippen MR) is 128 cm³/mol. The van der Waals surface area contributed by atoms with Gasteiger partial charge in [0, 0.05) is 42.8 Å². The van der Waals surface area contributed by atoms with Crippen LogP contribution in [0.1, 0.15) is 22.7 Å². The number of benzene rings is 2. The molecule has 0 unspecified atom stereocenters. The first-order valence-electron chi connectivity index (χ1n) is 9.93. The zero-order valence-electron chi connectivity index (χ0n) is 17.1. The van der Waals surface area contributed by atoms with Crippen LogP contribution in [-0.2, 0) is 23.5 Å². The highest BCUT2D eigenvalue weighted by Gasteiger charge is 2.13. The van der Waals surface area contributed by atoms with E-state index in [1.54, 1.807) is 41.2 Å². The minimum Gasteiger partial charge on any atom is -0.385 e. The predicted octanol–water partition coefficient (Wildman–Crippen LogP) is 5.43. The number of fused-ring (bicyclic) bond motifs is 1. The van der Waals surface area contributed by atoms with Crippen molar-refractivity contribution in [2.75, 3.05) is 13.7 Å². The first kappa shape index (κ1) is 22.0. The molecule has 0 spiro atoms. The molecule has 0 fully saturated rings. The molecule has 0 atom stereocenters. The Balaban J connectivity index is 1.55. The van der Waals surface area contributed by atoms with E-state index >= 15 is 0 Å². The highest BCUT2D eigenvalue weighted by atomic mass is 35.5. The Kier molecular flexibility index (Phi) is 7.40. The third-order valence-electron chi connectivity index (χ3n) is 4.76. The summed E-state index contributed by atoms with van der Waals surface area (Å²) in [5.41, 5.74) is 2.80. The molecule has 0 saturated carbocycles. The van der Waals surface area contributed by atoms with Crippen molar-refractivity contribution in [1.82, 2.24) is 14.5 Å². The Morgan fingerprint density at radius 3 is 2.81 bits per heavy atom. The molecule has 0 aliphatic rings. The van der Waals surface area contributed by atoms with E-state index in [9.17, 15) is 4.79 Å². The Bertz CT molecular complexity index is 1220. The van der Waals surface area contributed by atoms with Crippen molar-refractivity contribution in [2.45, 2.75) is 30.3 Å². The van der Waals surface area contributed by atoms with Crippen LogP contribution in [0, 0.1) is 0 Å². The molecule has 160 valence electrons. The van der Waals surface area contributed by atoms with Crippen LogP contribution in [0.15, 0.2) is 63.9 Å². The van der Waals surface area contributed by atoms with Crippen LogP contribution < -0.4 is 5.56 Å². The lowest BCUT2D eigenvalue weighted by atomic mass is 10.2. The lowest BCUT2D eigenvalue weighted by molar-refractivity contribution is 0.189. The molecular weight excluding hydrogens is 450 g/mol. The molecule has 0 saturated heterocycles. The van der Waals surface area contributed by atoms with E-state index in [1.165, 1.54) is 17.3 Å². The molecule has 31 heavy (non-hydrogen) atoms. The number of methoxy groups -OCH3 is 1. The third-order valence-corrected chi connectivity index (χ3v) is 6.90. The average Bonchev–Trinajstić information content (AvgIpc) is 3.22. The molecule has 4 aromatic rings. The minimum absolute atomic E-state index is 0.0525. The van der Waals surface area contributed by atoms with Gasteiger partial charge in [0.1, 0.15) is 0 Å². The van der Waals surface area contributed by atoms with Crippen molar-refractivity contribution < 1.29 is 4.74 Å². The van der Waals surface area contributed by atoms with Crippen LogP contribution in [0.3, 0.4) is 0 Å². The molecule has 2 aromatic carbocycles. The van der Waals surface area contributed by atoms with Gasteiger partial charge in [0.15, 0.2) is 5.16 Å². The van der Waals surface area contributed by atoms with Crippen molar-refractivity contribution in [2.24, 2.45) is 0 Å². The Hall–Kier alpha value is -2.19. The lowest BCUT2D eigenvalue weighted by Crippen LogP contribution is -2.24. The van der Waals surface area contributed by atoms with Gasteiger partial charge in [0.25, 0.3) is 5.56 Å². The standard InChI is InChI=1S/C23H22ClN3O2S2/c1-29-11-5-10-27-22(28)19-9-8-17(24)13-20(19)26-23(27)31-15-18-14-30-21(25-18)12-16-6-3-2-4-7-16/h2-4,6-9,13-14H,5,10-12,15H2,1H3. The molecule has 5 nitrogen and oxygen atoms in total. The number of hydrogen-bond donors (Lipinski definition) is 0. The lowest BCUT2D eigenvalue weighted by Gasteiger charge is -2.12. The summed E-state index contributed by atoms with van der Waals surface area (Å²) < 4.78 is 6.89. The van der Waals surface area contributed by atoms with Gasteiger partial charge in [-0.25, -0.2) is 9.97 Å². The molecule has 0 bridgehead atoms. The summed E-state index contributed by atoms with van der Waals surface area (Å²) in [6, 6.07) is 15.5. The van der Waals surface area contributed by atoms with Crippen LogP contribution in [0.5, 0.6) is 0 Å². The SMILES string of the molecule is COCCCn1c(SCc2csc(Cc3ccccc3)n2)nc2cc(Cl)ccc2c1=O. The molecular formula is C23H22ClN3O2S2. The van der Waals surface area contributed by atoms with Gasteiger partial charge in [0.2, 0.25) is 0 Å². The average molecular weight is 472 g/mol. The summed E-state index contributed by atoms with van der Waals surface area (Å²) in [6.07, 6.45) is 1.56. The maximum Gasteiger partial charge on any atom is 0.262 e. The van der Waals surface area contributed by atoms with E-state index in [0.717, 1.165) is 23.5 Å². The van der Waals surface area contributed by atoms with Crippen LogP contribution >= 0.6 is 34.7 Å². The fourth-order valence-electron chi connectivity index (χ4n) is 3.25. The van der Waals surface area contributed by atoms with Crippen LogP contribution in [0.25, 0.3) is 10.9 Å². The number of thiazole rings is 1. The van der Waals surface area contributed by atoms with Crippen molar-refractivity contribution in [1.29, 1.82) is 0 Å². The van der Waals surface area contributed by atoms with Crippen molar-refractivity contribution in [3.63, 3.8) is 0 Å². The van der Waals surface area contributed by atoms with Gasteiger partial charge in [-0.2, -0.15) is 0 Å². The second-order valence-electron chi connectivity index (χ2n) is 7.04. The number of halogens is 1. The largest absolute Gasteiger partial charge is 0.385 e. The molecule has 2 aromatic heterocycles. The molecule has 4 rings (SSSR count). The van der Waals surface area contributed by atoms with Crippen molar-refractivity contribution in [3.8, 4) is 0 Å². The number of nitrogens with zero attached hydrogens (tertiary/aromatic N) is 3. The first-order valence-corrected chi connectivity index (χ1v) is 12.2. The molecule has 2 heterocycles. The van der Waals surface area contributed by atoms with Gasteiger partial charge in [0.05, 0.1) is 21.6 Å². The summed E-state index contributed by atoms with van der Waals surface area (Å²) in [5.74, 6) is 0.647. The molecule has 0 radical (unpaired) electrons. The monoisotopic (exact) mass is 471 g/mol. The van der Waals surface area contributed by atoms with Gasteiger partial charge in [-0.3, -0.25) is 9.36 Å². The topological polar surface area (TPSA) is 57.0 Å². The van der Waals surface area contributed by atoms with Crippen LogP contribution in [0.2, 0.25) is 5.02 Å². The highest BCUT2D eigenvalue weighted by molar-refractivity contribution is 7.98. The summed E-state index contributed by atoms with van der Waals surface area (Å²) in [6.45, 7) is 1.14. The van der Waals surface area contributed by atoms with E-state index in [1.807, 2.05) is 18.2 Å². The van der Waals surface area contributed by atoms with E-state index in [4.69, 9.17) is 26.3 Å². The smallest absolute Gasteiger partial charge is 0.262 e. The summed E-state index contributed by atoms with van der Waals surface area (Å²) in [7, 11) is 1.66. The first-order chi connectivity index (χ1) is 15.1. The molecule has 0 amide bonds. The Labute approximate surface area is 194 Å². The van der Waals surface area contributed by atoms with Crippen molar-refractivity contribution in [3.05, 3.63) is 85.6 Å². The highest BCUT2D eigenvalue weighted by Crippen LogP contribution is 2.25. The Morgan fingerprint density at radius 2 is 2.00 bits per heavy atom. The van der Waals surface area contributed by atoms with Gasteiger partial charge in [-0.05, 0) is 30.2 Å². The second-order valence-corrected chi connectivity index (χ2v) is 9.36. The fourth-order valence-corrected chi connectivity index (χ4v) is 5.27. The van der Waals surface area contributed by atoms with Gasteiger partial charge in [-0.1, -0.05) is 53.7 Å². The van der Waals surface area contributed by atoms with Gasteiger partial charge in [-0.15, -0.1) is 11.3 Å². The quantitative estimate of drug-likeness (QED) is 0.185. The number of hydrogen-bond acceptors (Lipinski definition) is 6. The number of aromatic nitrogens is 3. The minimum atomic E-state index is -0.0525. The van der Waals surface area contributed by atoms with Gasteiger partial charge >= 0.3 is 0 Å². The third kappa shape index (κ3) is 5.54. The van der Waals surface area contributed by atoms with Crippen molar-refractivity contribution >= 4 is 45.6 Å².